The van der Waals surface area contributed by atoms with Crippen LogP contribution in [-0.4, -0.2) is 15.0 Å². The molecule has 0 aliphatic heterocycles. The summed E-state index contributed by atoms with van der Waals surface area (Å²) in [5.74, 6) is -1.80. The average molecular weight is 462 g/mol. The number of hydrogen-bond acceptors (Lipinski definition) is 4. The van der Waals surface area contributed by atoms with Gasteiger partial charge in [-0.2, -0.15) is 0 Å². The molecule has 0 fully saturated rings. The van der Waals surface area contributed by atoms with Crippen LogP contribution in [0.1, 0.15) is 5.56 Å². The molecule has 0 bridgehead atoms. The predicted molar refractivity (Wildman–Crippen MR) is 116 cm³/mol. The molecule has 1 amide bonds. The van der Waals surface area contributed by atoms with Gasteiger partial charge in [0.1, 0.15) is 22.9 Å². The third kappa shape index (κ3) is 4.28. The van der Waals surface area contributed by atoms with Gasteiger partial charge in [-0.15, -0.1) is 11.3 Å². The number of benzene rings is 2. The van der Waals surface area contributed by atoms with E-state index in [2.05, 4.69) is 5.32 Å². The van der Waals surface area contributed by atoms with Crippen LogP contribution in [0.25, 0.3) is 10.2 Å². The molecule has 4 aromatic rings. The summed E-state index contributed by atoms with van der Waals surface area (Å²) >= 11 is 6.85. The first-order valence-corrected chi connectivity index (χ1v) is 10.3. The lowest BCUT2D eigenvalue weighted by atomic mass is 10.2. The van der Waals surface area contributed by atoms with Gasteiger partial charge >= 0.3 is 5.69 Å². The first-order valence-electron chi connectivity index (χ1n) is 9.03. The van der Waals surface area contributed by atoms with Crippen LogP contribution >= 0.6 is 22.9 Å². The van der Waals surface area contributed by atoms with Crippen molar-refractivity contribution in [3.63, 3.8) is 0 Å². The largest absolute Gasteiger partial charge is 0.332 e. The fourth-order valence-corrected chi connectivity index (χ4v) is 4.12. The van der Waals surface area contributed by atoms with Crippen LogP contribution in [0.5, 0.6) is 0 Å². The minimum Gasteiger partial charge on any atom is -0.322 e. The molecule has 0 unspecified atom stereocenters. The van der Waals surface area contributed by atoms with E-state index in [1.54, 1.807) is 11.4 Å². The summed E-state index contributed by atoms with van der Waals surface area (Å²) in [7, 11) is 0. The number of anilines is 1. The van der Waals surface area contributed by atoms with Crippen molar-refractivity contribution in [2.45, 2.75) is 13.1 Å². The first-order chi connectivity index (χ1) is 14.8. The standard InChI is InChI=1S/C21H14ClF2N3O3S/c22-13-3-6-16(15(24)9-13)25-18(28)11-26-17-7-8-31-19(17)20(29)27(21(26)30)10-12-1-4-14(23)5-2-12/h1-9H,10-11H2,(H,25,28). The Labute approximate surface area is 182 Å². The van der Waals surface area contributed by atoms with E-state index in [9.17, 15) is 23.2 Å². The molecule has 0 radical (unpaired) electrons. The van der Waals surface area contributed by atoms with Crippen molar-refractivity contribution >= 4 is 44.7 Å². The zero-order valence-electron chi connectivity index (χ0n) is 15.8. The molecule has 0 aliphatic rings. The maximum Gasteiger partial charge on any atom is 0.332 e. The van der Waals surface area contributed by atoms with Crippen LogP contribution < -0.4 is 16.6 Å². The minimum absolute atomic E-state index is 0.0800. The summed E-state index contributed by atoms with van der Waals surface area (Å²) in [6, 6.07) is 10.8. The number of amides is 1. The second-order valence-corrected chi connectivity index (χ2v) is 8.05. The van der Waals surface area contributed by atoms with E-state index in [0.29, 0.717) is 15.8 Å². The van der Waals surface area contributed by atoms with Crippen molar-refractivity contribution in [2.75, 3.05) is 5.32 Å². The van der Waals surface area contributed by atoms with Crippen LogP contribution in [-0.2, 0) is 17.9 Å². The highest BCUT2D eigenvalue weighted by Gasteiger charge is 2.17. The summed E-state index contributed by atoms with van der Waals surface area (Å²) < 4.78 is 29.6. The third-order valence-electron chi connectivity index (χ3n) is 4.60. The molecule has 2 aromatic heterocycles. The number of fused-ring (bicyclic) bond motifs is 1. The quantitative estimate of drug-likeness (QED) is 0.490. The van der Waals surface area contributed by atoms with Gasteiger partial charge in [0.25, 0.3) is 5.56 Å². The highest BCUT2D eigenvalue weighted by molar-refractivity contribution is 7.17. The van der Waals surface area contributed by atoms with Gasteiger partial charge < -0.3 is 5.32 Å². The lowest BCUT2D eigenvalue weighted by molar-refractivity contribution is -0.116. The van der Waals surface area contributed by atoms with Crippen LogP contribution in [0.15, 0.2) is 63.5 Å². The Morgan fingerprint density at radius 1 is 1.03 bits per heavy atom. The zero-order valence-corrected chi connectivity index (χ0v) is 17.3. The van der Waals surface area contributed by atoms with Gasteiger partial charge in [0.15, 0.2) is 0 Å². The maximum atomic E-state index is 14.0. The molecule has 1 N–H and O–H groups in total. The Bertz CT molecular complexity index is 1410. The predicted octanol–water partition coefficient (Wildman–Crippen LogP) is 3.84. The van der Waals surface area contributed by atoms with E-state index < -0.39 is 35.3 Å². The van der Waals surface area contributed by atoms with E-state index in [4.69, 9.17) is 11.6 Å². The molecular formula is C21H14ClF2N3O3S. The SMILES string of the molecule is O=C(Cn1c(=O)n(Cc2ccc(F)cc2)c(=O)c2sccc21)Nc1ccc(Cl)cc1F. The zero-order chi connectivity index (χ0) is 22.1. The van der Waals surface area contributed by atoms with E-state index in [-0.39, 0.29) is 17.3 Å². The van der Waals surface area contributed by atoms with Crippen molar-refractivity contribution < 1.29 is 13.6 Å². The highest BCUT2D eigenvalue weighted by Crippen LogP contribution is 2.19. The number of nitrogens with zero attached hydrogens (tertiary/aromatic N) is 2. The van der Waals surface area contributed by atoms with Gasteiger partial charge in [0.05, 0.1) is 17.7 Å². The average Bonchev–Trinajstić information content (AvgIpc) is 3.22. The van der Waals surface area contributed by atoms with Crippen LogP contribution in [0.3, 0.4) is 0 Å². The molecule has 0 spiro atoms. The fraction of sp³-hybridized carbons (Fsp3) is 0.0952. The monoisotopic (exact) mass is 461 g/mol. The summed E-state index contributed by atoms with van der Waals surface area (Å²) in [4.78, 5) is 38.4. The molecule has 0 saturated heterocycles. The van der Waals surface area contributed by atoms with Crippen molar-refractivity contribution in [2.24, 2.45) is 0 Å². The Morgan fingerprint density at radius 2 is 1.77 bits per heavy atom. The highest BCUT2D eigenvalue weighted by atomic mass is 35.5. The van der Waals surface area contributed by atoms with Crippen molar-refractivity contribution in [3.8, 4) is 0 Å². The van der Waals surface area contributed by atoms with E-state index in [1.165, 1.54) is 36.4 Å². The molecule has 0 atom stereocenters. The summed E-state index contributed by atoms with van der Waals surface area (Å²) in [6.45, 7) is -0.517. The van der Waals surface area contributed by atoms with Gasteiger partial charge in [-0.3, -0.25) is 18.7 Å². The molecule has 158 valence electrons. The molecule has 2 aromatic carbocycles. The summed E-state index contributed by atoms with van der Waals surface area (Å²) in [6.07, 6.45) is 0. The van der Waals surface area contributed by atoms with Gasteiger partial charge in [0, 0.05) is 5.02 Å². The van der Waals surface area contributed by atoms with E-state index >= 15 is 0 Å². The molecule has 2 heterocycles. The van der Waals surface area contributed by atoms with E-state index in [1.807, 2.05) is 0 Å². The normalized spacial score (nSPS) is 11.1. The number of carbonyl (C=O) groups excluding carboxylic acids is 1. The molecule has 4 rings (SSSR count). The first kappa shape index (κ1) is 21.0. The van der Waals surface area contributed by atoms with Gasteiger partial charge in [-0.25, -0.2) is 13.6 Å². The van der Waals surface area contributed by atoms with Crippen LogP contribution in [0, 0.1) is 11.6 Å². The van der Waals surface area contributed by atoms with Crippen molar-refractivity contribution in [1.29, 1.82) is 0 Å². The van der Waals surface area contributed by atoms with Crippen molar-refractivity contribution in [1.82, 2.24) is 9.13 Å². The van der Waals surface area contributed by atoms with E-state index in [0.717, 1.165) is 26.5 Å². The third-order valence-corrected chi connectivity index (χ3v) is 5.72. The number of rotatable bonds is 5. The molecule has 10 heteroatoms. The molecule has 0 saturated carbocycles. The number of thiophene rings is 1. The fourth-order valence-electron chi connectivity index (χ4n) is 3.12. The van der Waals surface area contributed by atoms with Crippen LogP contribution in [0.2, 0.25) is 5.02 Å². The number of carbonyl (C=O) groups is 1. The number of hydrogen-bond donors (Lipinski definition) is 1. The van der Waals surface area contributed by atoms with Gasteiger partial charge in [-0.05, 0) is 47.3 Å². The Balaban J connectivity index is 1.71. The number of aromatic nitrogens is 2. The Kier molecular flexibility index (Phi) is 5.71. The lowest BCUT2D eigenvalue weighted by Crippen LogP contribution is -2.41. The van der Waals surface area contributed by atoms with Gasteiger partial charge in [0.2, 0.25) is 5.91 Å². The van der Waals surface area contributed by atoms with Crippen molar-refractivity contribution in [3.05, 3.63) is 97.0 Å². The number of halogens is 3. The molecule has 31 heavy (non-hydrogen) atoms. The molecule has 0 aliphatic carbocycles. The smallest absolute Gasteiger partial charge is 0.322 e. The minimum atomic E-state index is -0.713. The topological polar surface area (TPSA) is 73.1 Å². The second-order valence-electron chi connectivity index (χ2n) is 6.69. The van der Waals surface area contributed by atoms with Crippen LogP contribution in [0.4, 0.5) is 14.5 Å². The Hall–Kier alpha value is -3.30. The number of nitrogens with one attached hydrogen (secondary N) is 1. The lowest BCUT2D eigenvalue weighted by Gasteiger charge is -2.13. The molecular weight excluding hydrogens is 448 g/mol. The second kappa shape index (κ2) is 8.44. The van der Waals surface area contributed by atoms with Gasteiger partial charge in [-0.1, -0.05) is 23.7 Å². The Morgan fingerprint density at radius 3 is 2.48 bits per heavy atom. The maximum absolute atomic E-state index is 14.0. The summed E-state index contributed by atoms with van der Waals surface area (Å²) in [5.41, 5.74) is -0.423. The molecule has 6 nitrogen and oxygen atoms in total. The summed E-state index contributed by atoms with van der Waals surface area (Å²) in [5, 5.41) is 4.22.